The molecule has 0 fully saturated rings. The van der Waals surface area contributed by atoms with E-state index < -0.39 is 10.0 Å². The van der Waals surface area contributed by atoms with E-state index in [1.807, 2.05) is 19.1 Å². The van der Waals surface area contributed by atoms with Gasteiger partial charge in [0.1, 0.15) is 11.4 Å². The number of hydrogen-bond acceptors (Lipinski definition) is 3. The van der Waals surface area contributed by atoms with E-state index in [4.69, 9.17) is 11.6 Å². The number of nitrogens with one attached hydrogen (secondary N) is 2. The highest BCUT2D eigenvalue weighted by atomic mass is 35.5. The molecule has 0 saturated heterocycles. The van der Waals surface area contributed by atoms with Crippen LogP contribution in [-0.2, 0) is 27.8 Å². The van der Waals surface area contributed by atoms with Crippen LogP contribution >= 0.6 is 11.6 Å². The Morgan fingerprint density at radius 3 is 2.54 bits per heavy atom. The van der Waals surface area contributed by atoms with Crippen LogP contribution in [-0.4, -0.2) is 45.3 Å². The van der Waals surface area contributed by atoms with Crippen molar-refractivity contribution in [3.8, 4) is 0 Å². The van der Waals surface area contributed by atoms with Crippen LogP contribution in [0.5, 0.6) is 0 Å². The van der Waals surface area contributed by atoms with Gasteiger partial charge in [-0.2, -0.15) is 0 Å². The molecule has 0 aliphatic carbocycles. The van der Waals surface area contributed by atoms with Crippen molar-refractivity contribution in [1.82, 2.24) is 4.31 Å². The first-order valence-corrected chi connectivity index (χ1v) is 11.0. The summed E-state index contributed by atoms with van der Waals surface area (Å²) in [5.74, 6) is -0.148. The molecule has 1 unspecified atom stereocenters. The molecule has 2 aromatic carbocycles. The molecule has 0 spiro atoms. The second-order valence-electron chi connectivity index (χ2n) is 7.25. The minimum Gasteiger partial charge on any atom is -0.321 e. The fourth-order valence-electron chi connectivity index (χ4n) is 3.38. The topological polar surface area (TPSA) is 70.9 Å². The molecule has 0 saturated carbocycles. The first-order chi connectivity index (χ1) is 13.2. The Labute approximate surface area is 171 Å². The summed E-state index contributed by atoms with van der Waals surface area (Å²) in [5.41, 5.74) is 3.03. The normalized spacial score (nSPS) is 17.8. The minimum atomic E-state index is -3.70. The van der Waals surface area contributed by atoms with Gasteiger partial charge in [0.2, 0.25) is 10.0 Å². The number of halogens is 1. The number of benzene rings is 2. The van der Waals surface area contributed by atoms with Crippen molar-refractivity contribution in [1.29, 1.82) is 0 Å². The van der Waals surface area contributed by atoms with Gasteiger partial charge >= 0.3 is 0 Å². The lowest BCUT2D eigenvalue weighted by Crippen LogP contribution is -3.16. The van der Waals surface area contributed by atoms with Gasteiger partial charge in [-0.25, -0.2) is 12.7 Å². The molecular weight excluding hydrogens is 398 g/mol. The summed E-state index contributed by atoms with van der Waals surface area (Å²) in [7, 11) is -0.813. The molecule has 0 bridgehead atoms. The number of quaternary nitrogens is 1. The Bertz CT molecular complexity index is 992. The number of nitrogens with zero attached hydrogens (tertiary/aromatic N) is 1. The SMILES string of the molecule is C[C@H](C(=O)Nc1ccc(Cl)c(S(=O)(=O)N(C)C)c1)[NH+]1CCc2ccccc2C1. The molecule has 3 rings (SSSR count). The van der Waals surface area contributed by atoms with Crippen molar-refractivity contribution in [2.75, 3.05) is 26.0 Å². The average molecular weight is 423 g/mol. The summed E-state index contributed by atoms with van der Waals surface area (Å²) in [6.45, 7) is 3.57. The highest BCUT2D eigenvalue weighted by Crippen LogP contribution is 2.26. The van der Waals surface area contributed by atoms with Gasteiger partial charge in [-0.15, -0.1) is 0 Å². The van der Waals surface area contributed by atoms with Crippen LogP contribution in [0.4, 0.5) is 5.69 Å². The summed E-state index contributed by atoms with van der Waals surface area (Å²) in [5, 5.41) is 2.96. The molecule has 1 amide bonds. The summed E-state index contributed by atoms with van der Waals surface area (Å²) in [4.78, 5) is 13.9. The molecule has 1 heterocycles. The van der Waals surface area contributed by atoms with Crippen molar-refractivity contribution in [3.05, 3.63) is 58.6 Å². The fraction of sp³-hybridized carbons (Fsp3) is 0.350. The summed E-state index contributed by atoms with van der Waals surface area (Å²) < 4.78 is 25.9. The number of carbonyl (C=O) groups is 1. The maximum Gasteiger partial charge on any atom is 0.282 e. The summed E-state index contributed by atoms with van der Waals surface area (Å²) in [6, 6.07) is 12.5. The Balaban J connectivity index is 1.75. The van der Waals surface area contributed by atoms with E-state index in [0.29, 0.717) is 5.69 Å². The molecule has 2 N–H and O–H groups in total. The second-order valence-corrected chi connectivity index (χ2v) is 9.77. The molecule has 0 aromatic heterocycles. The molecule has 1 aliphatic rings. The third-order valence-electron chi connectivity index (χ3n) is 5.21. The number of carbonyl (C=O) groups excluding carboxylic acids is 1. The number of anilines is 1. The first kappa shape index (κ1) is 20.8. The van der Waals surface area contributed by atoms with Crippen LogP contribution in [0, 0.1) is 0 Å². The maximum absolute atomic E-state index is 12.8. The zero-order valence-electron chi connectivity index (χ0n) is 16.2. The third kappa shape index (κ3) is 4.22. The lowest BCUT2D eigenvalue weighted by atomic mass is 9.99. The molecule has 150 valence electrons. The van der Waals surface area contributed by atoms with Gasteiger partial charge in [-0.1, -0.05) is 35.9 Å². The summed E-state index contributed by atoms with van der Waals surface area (Å²) >= 11 is 6.07. The zero-order chi connectivity index (χ0) is 20.5. The highest BCUT2D eigenvalue weighted by molar-refractivity contribution is 7.89. The van der Waals surface area contributed by atoms with Crippen molar-refractivity contribution in [2.45, 2.75) is 30.8 Å². The second kappa shape index (κ2) is 8.21. The smallest absolute Gasteiger partial charge is 0.282 e. The number of hydrogen-bond donors (Lipinski definition) is 2. The van der Waals surface area contributed by atoms with Gasteiger partial charge in [0.15, 0.2) is 6.04 Å². The van der Waals surface area contributed by atoms with Crippen LogP contribution in [0.3, 0.4) is 0 Å². The Morgan fingerprint density at radius 2 is 1.86 bits per heavy atom. The molecule has 1 aliphatic heterocycles. The predicted molar refractivity (Wildman–Crippen MR) is 110 cm³/mol. The van der Waals surface area contributed by atoms with E-state index in [1.54, 1.807) is 6.07 Å². The Morgan fingerprint density at radius 1 is 1.18 bits per heavy atom. The molecule has 2 aromatic rings. The molecular formula is C20H25ClN3O3S+. The van der Waals surface area contributed by atoms with Crippen LogP contribution in [0.1, 0.15) is 18.1 Å². The number of amides is 1. The van der Waals surface area contributed by atoms with E-state index in [0.717, 1.165) is 23.8 Å². The van der Waals surface area contributed by atoms with Crippen LogP contribution < -0.4 is 10.2 Å². The quantitative estimate of drug-likeness (QED) is 0.768. The van der Waals surface area contributed by atoms with Gasteiger partial charge < -0.3 is 10.2 Å². The number of rotatable bonds is 5. The van der Waals surface area contributed by atoms with E-state index in [2.05, 4.69) is 17.4 Å². The molecule has 6 nitrogen and oxygen atoms in total. The summed E-state index contributed by atoms with van der Waals surface area (Å²) in [6.07, 6.45) is 0.940. The monoisotopic (exact) mass is 422 g/mol. The highest BCUT2D eigenvalue weighted by Gasteiger charge is 2.29. The van der Waals surface area contributed by atoms with Gasteiger partial charge in [0, 0.05) is 31.8 Å². The van der Waals surface area contributed by atoms with Crippen molar-refractivity contribution in [3.63, 3.8) is 0 Å². The number of fused-ring (bicyclic) bond motifs is 1. The lowest BCUT2D eigenvalue weighted by Gasteiger charge is -2.30. The Kier molecular flexibility index (Phi) is 6.09. The van der Waals surface area contributed by atoms with Crippen molar-refractivity contribution < 1.29 is 18.1 Å². The minimum absolute atomic E-state index is 0.0242. The van der Waals surface area contributed by atoms with Crippen molar-refractivity contribution in [2.24, 2.45) is 0 Å². The average Bonchev–Trinajstić information content (AvgIpc) is 2.68. The molecule has 2 atom stereocenters. The molecule has 8 heteroatoms. The van der Waals surface area contributed by atoms with Gasteiger partial charge in [0.25, 0.3) is 5.91 Å². The maximum atomic E-state index is 12.8. The van der Waals surface area contributed by atoms with Gasteiger partial charge in [-0.3, -0.25) is 4.79 Å². The van der Waals surface area contributed by atoms with Gasteiger partial charge in [0.05, 0.1) is 11.6 Å². The van der Waals surface area contributed by atoms with E-state index in [-0.39, 0.29) is 21.9 Å². The van der Waals surface area contributed by atoms with E-state index in [9.17, 15) is 13.2 Å². The largest absolute Gasteiger partial charge is 0.321 e. The van der Waals surface area contributed by atoms with Crippen LogP contribution in [0.2, 0.25) is 5.02 Å². The van der Waals surface area contributed by atoms with E-state index in [1.165, 1.54) is 42.3 Å². The fourth-order valence-corrected chi connectivity index (χ4v) is 4.78. The lowest BCUT2D eigenvalue weighted by molar-refractivity contribution is -0.929. The molecule has 0 radical (unpaired) electrons. The Hall–Kier alpha value is -1.93. The van der Waals surface area contributed by atoms with E-state index >= 15 is 0 Å². The van der Waals surface area contributed by atoms with Crippen molar-refractivity contribution >= 4 is 33.2 Å². The molecule has 28 heavy (non-hydrogen) atoms. The standard InChI is InChI=1S/C20H24ClN3O3S/c1-14(24-11-10-15-6-4-5-7-16(15)13-24)20(25)22-17-8-9-18(21)19(12-17)28(26,27)23(2)3/h4-9,12,14H,10-11,13H2,1-3H3,(H,22,25)/p+1/t14-/m1/s1. The van der Waals surface area contributed by atoms with Crippen LogP contribution in [0.15, 0.2) is 47.4 Å². The number of sulfonamides is 1. The van der Waals surface area contributed by atoms with Crippen LogP contribution in [0.25, 0.3) is 0 Å². The van der Waals surface area contributed by atoms with Gasteiger partial charge in [-0.05, 0) is 30.7 Å². The zero-order valence-corrected chi connectivity index (χ0v) is 17.8. The third-order valence-corrected chi connectivity index (χ3v) is 7.51. The first-order valence-electron chi connectivity index (χ1n) is 9.14. The predicted octanol–water partition coefficient (Wildman–Crippen LogP) is 1.56.